The number of nitrogens with one attached hydrogen (secondary N) is 1. The van der Waals surface area contributed by atoms with E-state index in [4.69, 9.17) is 5.11 Å². The highest BCUT2D eigenvalue weighted by Gasteiger charge is 2.03. The molecule has 2 aromatic heterocycles. The topological polar surface area (TPSA) is 80.0 Å². The van der Waals surface area contributed by atoms with Crippen molar-refractivity contribution in [3.63, 3.8) is 0 Å². The highest BCUT2D eigenvalue weighted by molar-refractivity contribution is 5.85. The number of rotatable bonds is 5. The predicted molar refractivity (Wildman–Crippen MR) is 66.6 cm³/mol. The molecule has 0 aliphatic heterocycles. The fraction of sp³-hybridized carbons (Fsp3) is 0.250. The third kappa shape index (κ3) is 2.85. The summed E-state index contributed by atoms with van der Waals surface area (Å²) in [7, 11) is 1.90. The first-order valence-electron chi connectivity index (χ1n) is 5.57. The van der Waals surface area contributed by atoms with Gasteiger partial charge in [0.1, 0.15) is 5.69 Å². The van der Waals surface area contributed by atoms with E-state index in [-0.39, 0.29) is 5.69 Å². The van der Waals surface area contributed by atoms with Crippen LogP contribution in [0.1, 0.15) is 16.2 Å². The van der Waals surface area contributed by atoms with E-state index in [9.17, 15) is 4.79 Å². The Morgan fingerprint density at radius 2 is 2.28 bits per heavy atom. The second-order valence-corrected chi connectivity index (χ2v) is 3.86. The molecule has 0 unspecified atom stereocenters. The van der Waals surface area contributed by atoms with Crippen LogP contribution in [0.3, 0.4) is 0 Å². The van der Waals surface area contributed by atoms with Crippen LogP contribution in [0.4, 0.5) is 5.69 Å². The average molecular weight is 246 g/mol. The van der Waals surface area contributed by atoms with Gasteiger partial charge >= 0.3 is 5.97 Å². The summed E-state index contributed by atoms with van der Waals surface area (Å²) >= 11 is 0. The minimum Gasteiger partial charge on any atom is -0.477 e. The summed E-state index contributed by atoms with van der Waals surface area (Å²) in [6.07, 6.45) is 4.13. The minimum atomic E-state index is -1.02. The first kappa shape index (κ1) is 12.1. The van der Waals surface area contributed by atoms with Crippen LogP contribution < -0.4 is 5.32 Å². The van der Waals surface area contributed by atoms with E-state index in [1.54, 1.807) is 12.3 Å². The van der Waals surface area contributed by atoms with Crippen molar-refractivity contribution in [3.05, 3.63) is 42.0 Å². The van der Waals surface area contributed by atoms with E-state index in [1.807, 2.05) is 17.8 Å². The summed E-state index contributed by atoms with van der Waals surface area (Å²) in [6.45, 7) is 0.744. The molecule has 0 radical (unpaired) electrons. The Kier molecular flexibility index (Phi) is 3.57. The van der Waals surface area contributed by atoms with Crippen LogP contribution in [0, 0.1) is 0 Å². The Morgan fingerprint density at radius 1 is 1.44 bits per heavy atom. The van der Waals surface area contributed by atoms with Crippen LogP contribution in [0.25, 0.3) is 0 Å². The van der Waals surface area contributed by atoms with Crippen LogP contribution in [0.5, 0.6) is 0 Å². The molecule has 0 fully saturated rings. The molecule has 2 N–H and O–H groups in total. The summed E-state index contributed by atoms with van der Waals surface area (Å²) in [5.41, 5.74) is 1.99. The maximum Gasteiger partial charge on any atom is 0.354 e. The first-order chi connectivity index (χ1) is 8.66. The molecule has 94 valence electrons. The smallest absolute Gasteiger partial charge is 0.354 e. The monoisotopic (exact) mass is 246 g/mol. The first-order valence-corrected chi connectivity index (χ1v) is 5.57. The number of nitrogens with zero attached hydrogens (tertiary/aromatic N) is 3. The van der Waals surface area contributed by atoms with Gasteiger partial charge in [0.05, 0.1) is 11.9 Å². The number of anilines is 1. The second kappa shape index (κ2) is 5.31. The lowest BCUT2D eigenvalue weighted by Crippen LogP contribution is -2.09. The standard InChI is InChI=1S/C12H14N4O2/c1-16-10(5-7-15-16)4-6-13-9-2-3-11(12(17)18)14-8-9/h2-3,5,7-8,13H,4,6H2,1H3,(H,17,18). The average Bonchev–Trinajstić information content (AvgIpc) is 2.76. The molecule has 2 rings (SSSR count). The van der Waals surface area contributed by atoms with Crippen molar-refractivity contribution in [1.82, 2.24) is 14.8 Å². The third-order valence-electron chi connectivity index (χ3n) is 2.62. The lowest BCUT2D eigenvalue weighted by Gasteiger charge is -2.06. The zero-order chi connectivity index (χ0) is 13.0. The maximum absolute atomic E-state index is 10.6. The molecular weight excluding hydrogens is 232 g/mol. The number of aromatic nitrogens is 3. The molecule has 0 amide bonds. The number of carboxylic acid groups (broad SMARTS) is 1. The van der Waals surface area contributed by atoms with Gasteiger partial charge in [-0.1, -0.05) is 0 Å². The second-order valence-electron chi connectivity index (χ2n) is 3.86. The van der Waals surface area contributed by atoms with Gasteiger partial charge in [-0.05, 0) is 18.2 Å². The van der Waals surface area contributed by atoms with Crippen LogP contribution in [0.15, 0.2) is 30.6 Å². The van der Waals surface area contributed by atoms with Gasteiger partial charge in [-0.2, -0.15) is 5.10 Å². The van der Waals surface area contributed by atoms with E-state index in [2.05, 4.69) is 15.4 Å². The zero-order valence-electron chi connectivity index (χ0n) is 10.00. The summed E-state index contributed by atoms with van der Waals surface area (Å²) in [5, 5.41) is 16.0. The fourth-order valence-electron chi connectivity index (χ4n) is 1.61. The van der Waals surface area contributed by atoms with Crippen LogP contribution in [0.2, 0.25) is 0 Å². The molecular formula is C12H14N4O2. The van der Waals surface area contributed by atoms with Gasteiger partial charge < -0.3 is 10.4 Å². The molecule has 0 aromatic carbocycles. The van der Waals surface area contributed by atoms with E-state index in [0.717, 1.165) is 24.3 Å². The molecule has 0 atom stereocenters. The molecule has 2 heterocycles. The Labute approximate surface area is 104 Å². The Balaban J connectivity index is 1.87. The zero-order valence-corrected chi connectivity index (χ0v) is 10.00. The predicted octanol–water partition coefficient (Wildman–Crippen LogP) is 1.17. The number of hydrogen-bond acceptors (Lipinski definition) is 4. The molecule has 0 saturated heterocycles. The molecule has 18 heavy (non-hydrogen) atoms. The number of carboxylic acids is 1. The molecule has 0 saturated carbocycles. The van der Waals surface area contributed by atoms with E-state index >= 15 is 0 Å². The van der Waals surface area contributed by atoms with E-state index in [1.165, 1.54) is 12.3 Å². The molecule has 6 nitrogen and oxygen atoms in total. The van der Waals surface area contributed by atoms with Gasteiger partial charge in [0.15, 0.2) is 0 Å². The number of aryl methyl sites for hydroxylation is 1. The Morgan fingerprint density at radius 3 is 2.83 bits per heavy atom. The van der Waals surface area contributed by atoms with Crippen molar-refractivity contribution in [2.45, 2.75) is 6.42 Å². The molecule has 0 spiro atoms. The Hall–Kier alpha value is -2.37. The SMILES string of the molecule is Cn1nccc1CCNc1ccc(C(=O)O)nc1. The molecule has 0 aliphatic rings. The van der Waals surface area contributed by atoms with Crippen molar-refractivity contribution in [1.29, 1.82) is 0 Å². The van der Waals surface area contributed by atoms with Gasteiger partial charge in [-0.15, -0.1) is 0 Å². The quantitative estimate of drug-likeness (QED) is 0.827. The van der Waals surface area contributed by atoms with Crippen LogP contribution in [-0.4, -0.2) is 32.4 Å². The van der Waals surface area contributed by atoms with Gasteiger partial charge in [-0.3, -0.25) is 4.68 Å². The number of carbonyl (C=O) groups is 1. The maximum atomic E-state index is 10.6. The van der Waals surface area contributed by atoms with Crippen molar-refractivity contribution in [2.24, 2.45) is 7.05 Å². The molecule has 0 aliphatic carbocycles. The Bertz CT molecular complexity index is 533. The lowest BCUT2D eigenvalue weighted by atomic mass is 10.3. The number of pyridine rings is 1. The van der Waals surface area contributed by atoms with Gasteiger partial charge in [0.25, 0.3) is 0 Å². The normalized spacial score (nSPS) is 10.3. The van der Waals surface area contributed by atoms with Crippen molar-refractivity contribution in [2.75, 3.05) is 11.9 Å². The largest absolute Gasteiger partial charge is 0.477 e. The van der Waals surface area contributed by atoms with Crippen molar-refractivity contribution in [3.8, 4) is 0 Å². The summed E-state index contributed by atoms with van der Waals surface area (Å²) < 4.78 is 1.83. The fourth-order valence-corrected chi connectivity index (χ4v) is 1.61. The molecule has 6 heteroatoms. The number of hydrogen-bond donors (Lipinski definition) is 2. The van der Waals surface area contributed by atoms with Gasteiger partial charge in [0, 0.05) is 31.9 Å². The summed E-state index contributed by atoms with van der Waals surface area (Å²) in [4.78, 5) is 14.5. The number of aromatic carboxylic acids is 1. The summed E-state index contributed by atoms with van der Waals surface area (Å²) in [5.74, 6) is -1.02. The van der Waals surface area contributed by atoms with Crippen molar-refractivity contribution >= 4 is 11.7 Å². The van der Waals surface area contributed by atoms with Gasteiger partial charge in [-0.25, -0.2) is 9.78 Å². The highest BCUT2D eigenvalue weighted by Crippen LogP contribution is 2.06. The van der Waals surface area contributed by atoms with Crippen LogP contribution >= 0.6 is 0 Å². The van der Waals surface area contributed by atoms with Crippen molar-refractivity contribution < 1.29 is 9.90 Å². The highest BCUT2D eigenvalue weighted by atomic mass is 16.4. The van der Waals surface area contributed by atoms with Gasteiger partial charge in [0.2, 0.25) is 0 Å². The molecule has 2 aromatic rings. The summed E-state index contributed by atoms with van der Waals surface area (Å²) in [6, 6.07) is 5.15. The van der Waals surface area contributed by atoms with E-state index < -0.39 is 5.97 Å². The third-order valence-corrected chi connectivity index (χ3v) is 2.62. The lowest BCUT2D eigenvalue weighted by molar-refractivity contribution is 0.0690. The molecule has 0 bridgehead atoms. The minimum absolute atomic E-state index is 0.0483. The van der Waals surface area contributed by atoms with Crippen LogP contribution in [-0.2, 0) is 13.5 Å². The van der Waals surface area contributed by atoms with E-state index in [0.29, 0.717) is 0 Å².